The minimum atomic E-state index is 0.0124. The molecule has 0 amide bonds. The Kier molecular flexibility index (Phi) is 3.16. The molecule has 2 aliphatic carbocycles. The van der Waals surface area contributed by atoms with E-state index in [4.69, 9.17) is 0 Å². The SMILES string of the molecule is CC1([C@H]2CC[C@@H](O)CC2)CCCCC1. The summed E-state index contributed by atoms with van der Waals surface area (Å²) in [6.45, 7) is 2.49. The van der Waals surface area contributed by atoms with Gasteiger partial charge in [-0.15, -0.1) is 0 Å². The molecule has 0 radical (unpaired) electrons. The summed E-state index contributed by atoms with van der Waals surface area (Å²) in [4.78, 5) is 0. The first-order valence-electron chi connectivity index (χ1n) is 6.39. The molecule has 0 saturated heterocycles. The van der Waals surface area contributed by atoms with E-state index in [0.29, 0.717) is 5.41 Å². The summed E-state index contributed by atoms with van der Waals surface area (Å²) >= 11 is 0. The van der Waals surface area contributed by atoms with Crippen molar-refractivity contribution in [1.29, 1.82) is 0 Å². The van der Waals surface area contributed by atoms with E-state index in [0.717, 1.165) is 18.8 Å². The third-order valence-electron chi connectivity index (χ3n) is 4.68. The molecule has 2 saturated carbocycles. The van der Waals surface area contributed by atoms with Crippen molar-refractivity contribution in [3.05, 3.63) is 0 Å². The molecule has 82 valence electrons. The van der Waals surface area contributed by atoms with Crippen LogP contribution in [0.5, 0.6) is 0 Å². The molecular weight excluding hydrogens is 172 g/mol. The average Bonchev–Trinajstić information content (AvgIpc) is 2.19. The standard InChI is InChI=1S/C13H24O/c1-13(9-3-2-4-10-13)11-5-7-12(14)8-6-11/h11-12,14H,2-10H2,1H3/t11-,12+. The van der Waals surface area contributed by atoms with E-state index >= 15 is 0 Å². The fraction of sp³-hybridized carbons (Fsp3) is 1.00. The molecule has 2 fully saturated rings. The zero-order valence-corrected chi connectivity index (χ0v) is 9.47. The lowest BCUT2D eigenvalue weighted by molar-refractivity contribution is 0.0372. The van der Waals surface area contributed by atoms with Gasteiger partial charge in [-0.25, -0.2) is 0 Å². The topological polar surface area (TPSA) is 20.2 Å². The van der Waals surface area contributed by atoms with Gasteiger partial charge in [-0.3, -0.25) is 0 Å². The Morgan fingerprint density at radius 3 is 2.07 bits per heavy atom. The molecule has 2 rings (SSSR count). The Bertz CT molecular complexity index is 174. The van der Waals surface area contributed by atoms with Crippen LogP contribution in [0.4, 0.5) is 0 Å². The molecule has 14 heavy (non-hydrogen) atoms. The molecule has 0 spiro atoms. The smallest absolute Gasteiger partial charge is 0.0540 e. The molecule has 0 bridgehead atoms. The van der Waals surface area contributed by atoms with Gasteiger partial charge in [-0.05, 0) is 49.9 Å². The van der Waals surface area contributed by atoms with E-state index in [1.165, 1.54) is 44.9 Å². The first-order chi connectivity index (χ1) is 6.71. The van der Waals surface area contributed by atoms with Crippen LogP contribution in [-0.4, -0.2) is 11.2 Å². The zero-order valence-electron chi connectivity index (χ0n) is 9.47. The maximum absolute atomic E-state index is 9.51. The molecule has 0 unspecified atom stereocenters. The van der Waals surface area contributed by atoms with Crippen molar-refractivity contribution in [2.45, 2.75) is 70.8 Å². The summed E-state index contributed by atoms with van der Waals surface area (Å²) in [5.41, 5.74) is 0.623. The summed E-state index contributed by atoms with van der Waals surface area (Å²) in [6, 6.07) is 0. The van der Waals surface area contributed by atoms with Gasteiger partial charge in [0.25, 0.3) is 0 Å². The summed E-state index contributed by atoms with van der Waals surface area (Å²) < 4.78 is 0. The second-order valence-electron chi connectivity index (χ2n) is 5.72. The highest BCUT2D eigenvalue weighted by Crippen LogP contribution is 2.47. The van der Waals surface area contributed by atoms with Crippen LogP contribution in [0.3, 0.4) is 0 Å². The van der Waals surface area contributed by atoms with E-state index in [-0.39, 0.29) is 6.10 Å². The Morgan fingerprint density at radius 2 is 1.50 bits per heavy atom. The lowest BCUT2D eigenvalue weighted by Gasteiger charge is -2.43. The second kappa shape index (κ2) is 4.22. The fourth-order valence-corrected chi connectivity index (χ4v) is 3.54. The van der Waals surface area contributed by atoms with Crippen LogP contribution in [0, 0.1) is 11.3 Å². The van der Waals surface area contributed by atoms with Crippen molar-refractivity contribution in [2.24, 2.45) is 11.3 Å². The number of aliphatic hydroxyl groups excluding tert-OH is 1. The van der Waals surface area contributed by atoms with E-state index in [1.807, 2.05) is 0 Å². The van der Waals surface area contributed by atoms with Crippen molar-refractivity contribution >= 4 is 0 Å². The molecule has 0 aromatic heterocycles. The Balaban J connectivity index is 1.92. The van der Waals surface area contributed by atoms with Gasteiger partial charge in [0.1, 0.15) is 0 Å². The number of hydrogen-bond donors (Lipinski definition) is 1. The predicted molar refractivity (Wildman–Crippen MR) is 59.2 cm³/mol. The van der Waals surface area contributed by atoms with Gasteiger partial charge < -0.3 is 5.11 Å². The van der Waals surface area contributed by atoms with Crippen LogP contribution in [-0.2, 0) is 0 Å². The second-order valence-corrected chi connectivity index (χ2v) is 5.72. The van der Waals surface area contributed by atoms with Crippen molar-refractivity contribution < 1.29 is 5.11 Å². The van der Waals surface area contributed by atoms with E-state index in [1.54, 1.807) is 0 Å². The number of hydrogen-bond acceptors (Lipinski definition) is 1. The van der Waals surface area contributed by atoms with Gasteiger partial charge in [0.15, 0.2) is 0 Å². The van der Waals surface area contributed by atoms with Crippen LogP contribution in [0.1, 0.15) is 64.7 Å². The molecule has 1 N–H and O–H groups in total. The van der Waals surface area contributed by atoms with Gasteiger partial charge in [-0.1, -0.05) is 26.2 Å². The van der Waals surface area contributed by atoms with Gasteiger partial charge in [0.05, 0.1) is 6.10 Å². The third kappa shape index (κ3) is 2.13. The van der Waals surface area contributed by atoms with Crippen LogP contribution in [0.15, 0.2) is 0 Å². The Hall–Kier alpha value is -0.0400. The zero-order chi connectivity index (χ0) is 10.0. The van der Waals surface area contributed by atoms with Crippen LogP contribution < -0.4 is 0 Å². The Labute approximate surface area is 87.9 Å². The maximum atomic E-state index is 9.51. The van der Waals surface area contributed by atoms with Gasteiger partial charge in [0.2, 0.25) is 0 Å². The van der Waals surface area contributed by atoms with Crippen molar-refractivity contribution in [2.75, 3.05) is 0 Å². The van der Waals surface area contributed by atoms with Gasteiger partial charge in [0, 0.05) is 0 Å². The Morgan fingerprint density at radius 1 is 0.929 bits per heavy atom. The van der Waals surface area contributed by atoms with E-state index in [9.17, 15) is 5.11 Å². The first-order valence-corrected chi connectivity index (χ1v) is 6.39. The molecule has 0 aromatic rings. The van der Waals surface area contributed by atoms with Gasteiger partial charge >= 0.3 is 0 Å². The normalized spacial score (nSPS) is 38.1. The van der Waals surface area contributed by atoms with E-state index in [2.05, 4.69) is 6.92 Å². The highest BCUT2D eigenvalue weighted by molar-refractivity contribution is 4.88. The number of aliphatic hydroxyl groups is 1. The minimum Gasteiger partial charge on any atom is -0.393 e. The highest BCUT2D eigenvalue weighted by atomic mass is 16.3. The fourth-order valence-electron chi connectivity index (χ4n) is 3.54. The molecule has 0 heterocycles. The van der Waals surface area contributed by atoms with Crippen molar-refractivity contribution in [3.63, 3.8) is 0 Å². The molecule has 0 aliphatic heterocycles. The molecular formula is C13H24O. The summed E-state index contributed by atoms with van der Waals surface area (Å²) in [5.74, 6) is 0.909. The lowest BCUT2D eigenvalue weighted by atomic mass is 9.63. The van der Waals surface area contributed by atoms with Gasteiger partial charge in [-0.2, -0.15) is 0 Å². The number of rotatable bonds is 1. The first kappa shape index (κ1) is 10.5. The lowest BCUT2D eigenvalue weighted by Crippen LogP contribution is -2.33. The quantitative estimate of drug-likeness (QED) is 0.680. The maximum Gasteiger partial charge on any atom is 0.0540 e. The molecule has 1 heteroatoms. The largest absolute Gasteiger partial charge is 0.393 e. The minimum absolute atomic E-state index is 0.0124. The predicted octanol–water partition coefficient (Wildman–Crippen LogP) is 3.51. The molecule has 1 nitrogen and oxygen atoms in total. The van der Waals surface area contributed by atoms with Crippen molar-refractivity contribution in [3.8, 4) is 0 Å². The van der Waals surface area contributed by atoms with Crippen LogP contribution in [0.25, 0.3) is 0 Å². The van der Waals surface area contributed by atoms with Crippen molar-refractivity contribution in [1.82, 2.24) is 0 Å². The van der Waals surface area contributed by atoms with Crippen LogP contribution >= 0.6 is 0 Å². The van der Waals surface area contributed by atoms with E-state index < -0.39 is 0 Å². The molecule has 0 aromatic carbocycles. The summed E-state index contributed by atoms with van der Waals surface area (Å²) in [6.07, 6.45) is 11.9. The monoisotopic (exact) mass is 196 g/mol. The highest BCUT2D eigenvalue weighted by Gasteiger charge is 2.36. The summed E-state index contributed by atoms with van der Waals surface area (Å²) in [7, 11) is 0. The molecule has 2 aliphatic rings. The summed E-state index contributed by atoms with van der Waals surface area (Å²) in [5, 5.41) is 9.51. The third-order valence-corrected chi connectivity index (χ3v) is 4.68. The average molecular weight is 196 g/mol. The van der Waals surface area contributed by atoms with Crippen LogP contribution in [0.2, 0.25) is 0 Å². The molecule has 0 atom stereocenters.